The summed E-state index contributed by atoms with van der Waals surface area (Å²) in [5.74, 6) is 0.000541. The average molecular weight is 466 g/mol. The van der Waals surface area contributed by atoms with Crippen LogP contribution in [0.2, 0.25) is 0 Å². The number of benzene rings is 1. The molecule has 0 amide bonds. The third-order valence-electron chi connectivity index (χ3n) is 6.33. The first-order chi connectivity index (χ1) is 16.4. The van der Waals surface area contributed by atoms with E-state index in [-0.39, 0.29) is 41.5 Å². The monoisotopic (exact) mass is 465 g/mol. The highest BCUT2D eigenvalue weighted by atomic mass is 16.3. The van der Waals surface area contributed by atoms with Crippen molar-refractivity contribution in [2.45, 2.75) is 72.5 Å². The number of unbranched alkanes of at least 4 members (excludes halogenated alkanes) is 3. The molecule has 34 heavy (non-hydrogen) atoms. The maximum Gasteiger partial charge on any atom is 0.332 e. The largest absolute Gasteiger partial charge is 0.494 e. The van der Waals surface area contributed by atoms with Crippen molar-refractivity contribution in [2.24, 2.45) is 0 Å². The van der Waals surface area contributed by atoms with Gasteiger partial charge < -0.3 is 5.11 Å². The Bertz CT molecular complexity index is 1510. The first-order valence-electron chi connectivity index (χ1n) is 12.0. The molecule has 1 N–H and O–H groups in total. The molecule has 0 radical (unpaired) electrons. The van der Waals surface area contributed by atoms with Gasteiger partial charge in [0, 0.05) is 13.1 Å². The summed E-state index contributed by atoms with van der Waals surface area (Å²) < 4.78 is 5.37. The number of aryl methyl sites for hydroxylation is 1. The number of hydrogen-bond acceptors (Lipinski definition) is 5. The lowest BCUT2D eigenvalue weighted by Gasteiger charge is -2.15. The van der Waals surface area contributed by atoms with Crippen molar-refractivity contribution < 1.29 is 5.11 Å². The molecule has 0 bridgehead atoms. The number of rotatable bonds is 9. The van der Waals surface area contributed by atoms with Crippen LogP contribution in [0.1, 0.15) is 57.6 Å². The summed E-state index contributed by atoms with van der Waals surface area (Å²) >= 11 is 0. The Morgan fingerprint density at radius 1 is 0.853 bits per heavy atom. The molecule has 3 aromatic heterocycles. The maximum atomic E-state index is 13.6. The van der Waals surface area contributed by atoms with E-state index < -0.39 is 16.8 Å². The van der Waals surface area contributed by atoms with Gasteiger partial charge in [-0.2, -0.15) is 4.98 Å². The Morgan fingerprint density at radius 2 is 1.56 bits per heavy atom. The van der Waals surface area contributed by atoms with Gasteiger partial charge in [-0.15, -0.1) is 0 Å². The predicted octanol–water partition coefficient (Wildman–Crippen LogP) is 2.89. The quantitative estimate of drug-likeness (QED) is 0.383. The Labute approximate surface area is 196 Å². The third kappa shape index (κ3) is 3.85. The van der Waals surface area contributed by atoms with Gasteiger partial charge in [0.25, 0.3) is 11.1 Å². The molecule has 9 heteroatoms. The highest BCUT2D eigenvalue weighted by Crippen LogP contribution is 2.23. The van der Waals surface area contributed by atoms with Gasteiger partial charge in [0.05, 0.1) is 12.1 Å². The molecule has 0 fully saturated rings. The van der Waals surface area contributed by atoms with E-state index in [1.165, 1.54) is 8.97 Å². The Hall–Kier alpha value is -3.62. The zero-order valence-corrected chi connectivity index (χ0v) is 20.0. The van der Waals surface area contributed by atoms with Crippen molar-refractivity contribution in [3.8, 4) is 5.88 Å². The first kappa shape index (κ1) is 23.5. The van der Waals surface area contributed by atoms with Crippen LogP contribution in [0.4, 0.5) is 0 Å². The minimum Gasteiger partial charge on any atom is -0.494 e. The second-order valence-corrected chi connectivity index (χ2v) is 8.49. The van der Waals surface area contributed by atoms with E-state index in [4.69, 9.17) is 0 Å². The lowest BCUT2D eigenvalue weighted by Crippen LogP contribution is -2.40. The number of fused-ring (bicyclic) bond motifs is 3. The smallest absolute Gasteiger partial charge is 0.332 e. The molecule has 1 aromatic carbocycles. The summed E-state index contributed by atoms with van der Waals surface area (Å²) in [6.45, 7) is 6.36. The van der Waals surface area contributed by atoms with Crippen LogP contribution in [0.15, 0.2) is 44.7 Å². The van der Waals surface area contributed by atoms with E-state index in [0.717, 1.165) is 35.8 Å². The SMILES string of the molecule is CCCCCCc1c(O)n(Cc2ccccc2)c2nc3c(c(=O)n(CC)c(=O)n3CC)n2c1=O. The molecule has 9 nitrogen and oxygen atoms in total. The summed E-state index contributed by atoms with van der Waals surface area (Å²) in [7, 11) is 0. The van der Waals surface area contributed by atoms with Crippen LogP contribution in [-0.4, -0.2) is 28.2 Å². The molecule has 0 aliphatic rings. The van der Waals surface area contributed by atoms with Crippen LogP contribution < -0.4 is 16.8 Å². The average Bonchev–Trinajstić information content (AvgIpc) is 3.23. The van der Waals surface area contributed by atoms with E-state index >= 15 is 0 Å². The van der Waals surface area contributed by atoms with Gasteiger partial charge in [-0.05, 0) is 32.3 Å². The first-order valence-corrected chi connectivity index (χ1v) is 12.0. The number of hydrogen-bond donors (Lipinski definition) is 1. The molecule has 0 spiro atoms. The van der Waals surface area contributed by atoms with Crippen LogP contribution in [-0.2, 0) is 26.1 Å². The summed E-state index contributed by atoms with van der Waals surface area (Å²) in [6.07, 6.45) is 4.18. The lowest BCUT2D eigenvalue weighted by atomic mass is 10.1. The van der Waals surface area contributed by atoms with Crippen LogP contribution in [0.25, 0.3) is 16.9 Å². The summed E-state index contributed by atoms with van der Waals surface area (Å²) in [4.78, 5) is 44.4. The minimum absolute atomic E-state index is 0.0694. The van der Waals surface area contributed by atoms with E-state index in [1.54, 1.807) is 18.4 Å². The van der Waals surface area contributed by atoms with Crippen molar-refractivity contribution in [3.05, 3.63) is 72.7 Å². The number of aromatic hydroxyl groups is 1. The molecule has 4 rings (SSSR count). The van der Waals surface area contributed by atoms with Crippen molar-refractivity contribution in [1.82, 2.24) is 23.1 Å². The zero-order chi connectivity index (χ0) is 24.4. The molecule has 4 aromatic rings. The number of imidazole rings is 1. The summed E-state index contributed by atoms with van der Waals surface area (Å²) in [5.41, 5.74) is -0.0789. The lowest BCUT2D eigenvalue weighted by molar-refractivity contribution is 0.410. The van der Waals surface area contributed by atoms with Gasteiger partial charge in [-0.1, -0.05) is 56.5 Å². The summed E-state index contributed by atoms with van der Waals surface area (Å²) in [5, 5.41) is 11.2. The van der Waals surface area contributed by atoms with Gasteiger partial charge in [-0.25, -0.2) is 9.20 Å². The second-order valence-electron chi connectivity index (χ2n) is 8.49. The molecular formula is C25H31N5O4. The van der Waals surface area contributed by atoms with Gasteiger partial charge in [0.15, 0.2) is 11.2 Å². The minimum atomic E-state index is -0.550. The summed E-state index contributed by atoms with van der Waals surface area (Å²) in [6, 6.07) is 9.54. The zero-order valence-electron chi connectivity index (χ0n) is 20.0. The fraction of sp³-hybridized carbons (Fsp3) is 0.440. The van der Waals surface area contributed by atoms with Crippen molar-refractivity contribution in [3.63, 3.8) is 0 Å². The van der Waals surface area contributed by atoms with E-state index in [2.05, 4.69) is 11.9 Å². The van der Waals surface area contributed by atoms with Crippen LogP contribution >= 0.6 is 0 Å². The topological polar surface area (TPSA) is 104 Å². The Balaban J connectivity index is 2.10. The van der Waals surface area contributed by atoms with Gasteiger partial charge in [0.2, 0.25) is 11.7 Å². The van der Waals surface area contributed by atoms with E-state index in [1.807, 2.05) is 30.3 Å². The molecule has 3 heterocycles. The van der Waals surface area contributed by atoms with Gasteiger partial charge in [0.1, 0.15) is 0 Å². The molecule has 0 aliphatic carbocycles. The maximum absolute atomic E-state index is 13.6. The normalized spacial score (nSPS) is 11.6. The predicted molar refractivity (Wildman–Crippen MR) is 132 cm³/mol. The molecule has 0 aliphatic heterocycles. The molecule has 0 atom stereocenters. The van der Waals surface area contributed by atoms with Crippen LogP contribution in [0, 0.1) is 0 Å². The van der Waals surface area contributed by atoms with Crippen molar-refractivity contribution in [1.29, 1.82) is 0 Å². The Kier molecular flexibility index (Phi) is 6.72. The fourth-order valence-electron chi connectivity index (χ4n) is 4.51. The molecule has 0 saturated heterocycles. The van der Waals surface area contributed by atoms with Gasteiger partial charge >= 0.3 is 5.69 Å². The highest BCUT2D eigenvalue weighted by molar-refractivity contribution is 5.75. The van der Waals surface area contributed by atoms with E-state index in [0.29, 0.717) is 13.0 Å². The third-order valence-corrected chi connectivity index (χ3v) is 6.33. The van der Waals surface area contributed by atoms with Crippen LogP contribution in [0.3, 0.4) is 0 Å². The van der Waals surface area contributed by atoms with Crippen LogP contribution in [0.5, 0.6) is 5.88 Å². The second kappa shape index (κ2) is 9.70. The highest BCUT2D eigenvalue weighted by Gasteiger charge is 2.24. The standard InChI is InChI=1S/C25H31N5O4/c1-4-7-8-12-15-18-21(31)29(16-17-13-10-9-11-14-17)24-26-20-19(30(24)22(18)32)23(33)28(6-3)25(34)27(20)5-2/h9-11,13-14,31H,4-8,12,15-16H2,1-3H3. The molecule has 180 valence electrons. The molecule has 0 saturated carbocycles. The fourth-order valence-corrected chi connectivity index (χ4v) is 4.51. The van der Waals surface area contributed by atoms with Crippen molar-refractivity contribution >= 4 is 16.9 Å². The number of nitrogens with zero attached hydrogens (tertiary/aromatic N) is 5. The molecule has 0 unspecified atom stereocenters. The van der Waals surface area contributed by atoms with Gasteiger partial charge in [-0.3, -0.25) is 23.3 Å². The molecular weight excluding hydrogens is 434 g/mol. The van der Waals surface area contributed by atoms with E-state index in [9.17, 15) is 19.5 Å². The number of aromatic nitrogens is 5. The Morgan fingerprint density at radius 3 is 2.21 bits per heavy atom. The van der Waals surface area contributed by atoms with Crippen molar-refractivity contribution in [2.75, 3.05) is 0 Å².